The third kappa shape index (κ3) is 6.45. The summed E-state index contributed by atoms with van der Waals surface area (Å²) in [6, 6.07) is -0.697. The van der Waals surface area contributed by atoms with Crippen molar-refractivity contribution in [3.05, 3.63) is 15.8 Å². The minimum Gasteiger partial charge on any atom is -0.466 e. The van der Waals surface area contributed by atoms with E-state index >= 15 is 0 Å². The van der Waals surface area contributed by atoms with Crippen molar-refractivity contribution in [2.45, 2.75) is 72.4 Å². The van der Waals surface area contributed by atoms with Crippen LogP contribution in [0.1, 0.15) is 57.4 Å². The molecule has 0 spiro atoms. The highest BCUT2D eigenvalue weighted by molar-refractivity contribution is 7.10. The van der Waals surface area contributed by atoms with Crippen molar-refractivity contribution < 1.29 is 23.9 Å². The lowest BCUT2D eigenvalue weighted by molar-refractivity contribution is -0.145. The molecule has 1 aliphatic heterocycles. The number of hydrogen-bond donors (Lipinski definition) is 1. The number of piperidine rings is 1. The van der Waals surface area contributed by atoms with E-state index < -0.39 is 17.7 Å². The van der Waals surface area contributed by atoms with Crippen molar-refractivity contribution in [3.63, 3.8) is 0 Å². The monoisotopic (exact) mass is 424 g/mol. The van der Waals surface area contributed by atoms with E-state index in [0.29, 0.717) is 26.0 Å². The average Bonchev–Trinajstić information content (AvgIpc) is 2.92. The van der Waals surface area contributed by atoms with E-state index in [4.69, 9.17) is 9.47 Å². The van der Waals surface area contributed by atoms with Gasteiger partial charge in [0.1, 0.15) is 11.6 Å². The first kappa shape index (κ1) is 23.2. The Labute approximate surface area is 176 Å². The summed E-state index contributed by atoms with van der Waals surface area (Å²) in [5.41, 5.74) is 1.13. The predicted octanol–water partition coefficient (Wildman–Crippen LogP) is 4.27. The van der Waals surface area contributed by atoms with Crippen LogP contribution < -0.4 is 5.32 Å². The van der Waals surface area contributed by atoms with Gasteiger partial charge in [0.05, 0.1) is 12.3 Å². The van der Waals surface area contributed by atoms with E-state index in [1.165, 1.54) is 4.90 Å². The maximum absolute atomic E-state index is 13.1. The van der Waals surface area contributed by atoms with Crippen LogP contribution in [0, 0.1) is 19.8 Å². The minimum absolute atomic E-state index is 0.0202. The van der Waals surface area contributed by atoms with Gasteiger partial charge >= 0.3 is 12.1 Å². The molecule has 2 atom stereocenters. The van der Waals surface area contributed by atoms with Crippen LogP contribution in [0.4, 0.5) is 10.5 Å². The molecular weight excluding hydrogens is 392 g/mol. The third-order valence-electron chi connectivity index (χ3n) is 4.81. The van der Waals surface area contributed by atoms with Gasteiger partial charge in [-0.25, -0.2) is 4.79 Å². The smallest absolute Gasteiger partial charge is 0.410 e. The zero-order valence-corrected chi connectivity index (χ0v) is 19.0. The van der Waals surface area contributed by atoms with Crippen LogP contribution >= 0.6 is 11.3 Å². The number of aryl methyl sites for hydroxylation is 2. The minimum atomic E-state index is -0.697. The Hall–Kier alpha value is -2.09. The lowest BCUT2D eigenvalue weighted by atomic mass is 9.88. The Morgan fingerprint density at radius 1 is 1.28 bits per heavy atom. The van der Waals surface area contributed by atoms with Crippen molar-refractivity contribution in [2.75, 3.05) is 18.5 Å². The molecular formula is C21H32N2O5S. The van der Waals surface area contributed by atoms with Crippen molar-refractivity contribution in [2.24, 2.45) is 5.92 Å². The van der Waals surface area contributed by atoms with Crippen LogP contribution in [-0.2, 0) is 19.1 Å². The second kappa shape index (κ2) is 9.61. The van der Waals surface area contributed by atoms with E-state index in [1.54, 1.807) is 39.0 Å². The van der Waals surface area contributed by atoms with E-state index in [0.717, 1.165) is 16.1 Å². The first-order chi connectivity index (χ1) is 13.5. The Morgan fingerprint density at radius 2 is 1.97 bits per heavy atom. The molecule has 1 aromatic rings. The molecule has 2 amide bonds. The van der Waals surface area contributed by atoms with Gasteiger partial charge in [-0.1, -0.05) is 0 Å². The lowest BCUT2D eigenvalue weighted by Crippen LogP contribution is -2.53. The number of carbonyl (C=O) groups excluding carboxylic acids is 3. The standard InChI is InChI=1S/C21H32N2O5S/c1-7-27-17(24)11-15-8-9-23(20(26)28-21(4,5)6)16(10-15)19(25)22-18-13(2)12-29-14(18)3/h12,15-16H,7-11H2,1-6H3,(H,22,25)/t15-,16-/m0/s1. The van der Waals surface area contributed by atoms with Crippen molar-refractivity contribution in [3.8, 4) is 0 Å². The predicted molar refractivity (Wildman–Crippen MR) is 113 cm³/mol. The van der Waals surface area contributed by atoms with E-state index in [-0.39, 0.29) is 24.2 Å². The molecule has 162 valence electrons. The molecule has 1 aliphatic rings. The number of hydrogen-bond acceptors (Lipinski definition) is 6. The molecule has 0 aromatic carbocycles. The van der Waals surface area contributed by atoms with Crippen LogP contribution in [0.5, 0.6) is 0 Å². The number of rotatable bonds is 5. The molecule has 2 heterocycles. The summed E-state index contributed by atoms with van der Waals surface area (Å²) in [6.45, 7) is 11.7. The Bertz CT molecular complexity index is 733. The van der Waals surface area contributed by atoms with Gasteiger partial charge < -0.3 is 14.8 Å². The van der Waals surface area contributed by atoms with Crippen molar-refractivity contribution >= 4 is 35.0 Å². The molecule has 0 radical (unpaired) electrons. The zero-order valence-electron chi connectivity index (χ0n) is 18.2. The number of anilines is 1. The molecule has 2 rings (SSSR count). The maximum Gasteiger partial charge on any atom is 0.410 e. The number of ether oxygens (including phenoxy) is 2. The molecule has 29 heavy (non-hydrogen) atoms. The first-order valence-corrected chi connectivity index (χ1v) is 10.9. The number of carbonyl (C=O) groups is 3. The van der Waals surface area contributed by atoms with Gasteiger partial charge in [-0.05, 0) is 71.2 Å². The van der Waals surface area contributed by atoms with Crippen LogP contribution in [0.2, 0.25) is 0 Å². The molecule has 1 saturated heterocycles. The summed E-state index contributed by atoms with van der Waals surface area (Å²) in [5, 5.41) is 4.97. The molecule has 7 nitrogen and oxygen atoms in total. The molecule has 8 heteroatoms. The van der Waals surface area contributed by atoms with Crippen molar-refractivity contribution in [1.82, 2.24) is 4.90 Å². The molecule has 1 N–H and O–H groups in total. The van der Waals surface area contributed by atoms with E-state index in [2.05, 4.69) is 5.32 Å². The van der Waals surface area contributed by atoms with E-state index in [1.807, 2.05) is 19.2 Å². The van der Waals surface area contributed by atoms with Gasteiger partial charge in [0.15, 0.2) is 0 Å². The van der Waals surface area contributed by atoms with Crippen LogP contribution in [-0.4, -0.2) is 47.7 Å². The van der Waals surface area contributed by atoms with Gasteiger partial charge in [0, 0.05) is 17.8 Å². The number of thiophene rings is 1. The highest BCUT2D eigenvalue weighted by Gasteiger charge is 2.39. The third-order valence-corrected chi connectivity index (χ3v) is 5.84. The molecule has 1 aromatic heterocycles. The lowest BCUT2D eigenvalue weighted by Gasteiger charge is -2.38. The Morgan fingerprint density at radius 3 is 2.52 bits per heavy atom. The normalized spacial score (nSPS) is 19.6. The molecule has 0 unspecified atom stereocenters. The van der Waals surface area contributed by atoms with Gasteiger partial charge in [-0.3, -0.25) is 14.5 Å². The fourth-order valence-corrected chi connectivity index (χ4v) is 4.23. The summed E-state index contributed by atoms with van der Waals surface area (Å²) in [4.78, 5) is 40.3. The quantitative estimate of drug-likeness (QED) is 0.714. The zero-order chi connectivity index (χ0) is 21.8. The SMILES string of the molecule is CCOC(=O)C[C@H]1CCN(C(=O)OC(C)(C)C)[C@H](C(=O)Nc2c(C)csc2C)C1. The topological polar surface area (TPSA) is 84.9 Å². The second-order valence-electron chi connectivity index (χ2n) is 8.43. The Balaban J connectivity index is 2.18. The van der Waals surface area contributed by atoms with Crippen molar-refractivity contribution in [1.29, 1.82) is 0 Å². The fourth-order valence-electron chi connectivity index (χ4n) is 3.43. The van der Waals surface area contributed by atoms with E-state index in [9.17, 15) is 14.4 Å². The summed E-state index contributed by atoms with van der Waals surface area (Å²) < 4.78 is 10.6. The second-order valence-corrected chi connectivity index (χ2v) is 9.51. The summed E-state index contributed by atoms with van der Waals surface area (Å²) in [6.07, 6.45) is 0.756. The summed E-state index contributed by atoms with van der Waals surface area (Å²) in [7, 11) is 0. The summed E-state index contributed by atoms with van der Waals surface area (Å²) in [5.74, 6) is -0.547. The molecule has 0 aliphatic carbocycles. The highest BCUT2D eigenvalue weighted by Crippen LogP contribution is 2.31. The molecule has 0 bridgehead atoms. The average molecular weight is 425 g/mol. The molecule has 1 fully saturated rings. The number of esters is 1. The summed E-state index contributed by atoms with van der Waals surface area (Å²) >= 11 is 1.57. The van der Waals surface area contributed by atoms with Gasteiger partial charge in [0.2, 0.25) is 5.91 Å². The number of amides is 2. The number of likely N-dealkylation sites (tertiary alicyclic amines) is 1. The van der Waals surface area contributed by atoms with Crippen LogP contribution in [0.25, 0.3) is 0 Å². The fraction of sp³-hybridized carbons (Fsp3) is 0.667. The van der Waals surface area contributed by atoms with Crippen LogP contribution in [0.3, 0.4) is 0 Å². The van der Waals surface area contributed by atoms with Gasteiger partial charge in [-0.15, -0.1) is 11.3 Å². The first-order valence-electron chi connectivity index (χ1n) is 10.0. The maximum atomic E-state index is 13.1. The van der Waals surface area contributed by atoms with Gasteiger partial charge in [-0.2, -0.15) is 0 Å². The largest absolute Gasteiger partial charge is 0.466 e. The highest BCUT2D eigenvalue weighted by atomic mass is 32.1. The number of nitrogens with zero attached hydrogens (tertiary/aromatic N) is 1. The Kier molecular flexibility index (Phi) is 7.68. The van der Waals surface area contributed by atoms with Crippen LogP contribution in [0.15, 0.2) is 5.38 Å². The van der Waals surface area contributed by atoms with Gasteiger partial charge in [0.25, 0.3) is 0 Å². The molecule has 0 saturated carbocycles. The number of nitrogens with one attached hydrogen (secondary N) is 1.